The lowest BCUT2D eigenvalue weighted by Crippen LogP contribution is -2.24. The van der Waals surface area contributed by atoms with Gasteiger partial charge in [-0.05, 0) is 24.3 Å². The van der Waals surface area contributed by atoms with Gasteiger partial charge < -0.3 is 15.0 Å². The normalized spacial score (nSPS) is 10.8. The van der Waals surface area contributed by atoms with Crippen LogP contribution in [0.3, 0.4) is 0 Å². The van der Waals surface area contributed by atoms with Crippen LogP contribution in [0.1, 0.15) is 16.3 Å². The molecule has 0 atom stereocenters. The number of aromatic amines is 1. The van der Waals surface area contributed by atoms with E-state index in [9.17, 15) is 4.79 Å². The Bertz CT molecular complexity index is 1020. The number of fused-ring (bicyclic) bond motifs is 1. The highest BCUT2D eigenvalue weighted by Gasteiger charge is 2.18. The van der Waals surface area contributed by atoms with Crippen LogP contribution in [0.5, 0.6) is 5.75 Å². The van der Waals surface area contributed by atoms with Crippen LogP contribution in [0.25, 0.3) is 16.7 Å². The van der Waals surface area contributed by atoms with E-state index in [0.717, 1.165) is 16.7 Å². The van der Waals surface area contributed by atoms with Crippen LogP contribution in [0.15, 0.2) is 60.8 Å². The average molecular weight is 347 g/mol. The fourth-order valence-corrected chi connectivity index (χ4v) is 2.71. The number of nitrogens with zero attached hydrogens (tertiary/aromatic N) is 3. The molecule has 2 heterocycles. The molecule has 0 saturated carbocycles. The van der Waals surface area contributed by atoms with Crippen molar-refractivity contribution in [2.24, 2.45) is 0 Å². The molecule has 4 rings (SSSR count). The third-order valence-electron chi connectivity index (χ3n) is 3.99. The Morgan fingerprint density at radius 3 is 2.69 bits per heavy atom. The monoisotopic (exact) mass is 347 g/mol. The SMILES string of the molecule is COc1cn(-c2ccccc2)nc1C(=O)NCc1nc2ccccc2[nH]1. The van der Waals surface area contributed by atoms with Crippen molar-refractivity contribution in [2.75, 3.05) is 7.11 Å². The fraction of sp³-hybridized carbons (Fsp3) is 0.105. The maximum Gasteiger partial charge on any atom is 0.276 e. The van der Waals surface area contributed by atoms with Crippen LogP contribution in [-0.2, 0) is 6.54 Å². The zero-order valence-corrected chi connectivity index (χ0v) is 14.1. The summed E-state index contributed by atoms with van der Waals surface area (Å²) in [5, 5.41) is 7.18. The molecule has 130 valence electrons. The first-order chi connectivity index (χ1) is 12.7. The van der Waals surface area contributed by atoms with Gasteiger partial charge in [-0.2, -0.15) is 5.10 Å². The van der Waals surface area contributed by atoms with Crippen LogP contribution >= 0.6 is 0 Å². The summed E-state index contributed by atoms with van der Waals surface area (Å²) in [5.74, 6) is 0.772. The molecule has 7 nitrogen and oxygen atoms in total. The van der Waals surface area contributed by atoms with E-state index in [1.54, 1.807) is 10.9 Å². The first kappa shape index (κ1) is 15.9. The van der Waals surface area contributed by atoms with Gasteiger partial charge in [-0.1, -0.05) is 30.3 Å². The first-order valence-electron chi connectivity index (χ1n) is 8.15. The standard InChI is InChI=1S/C19H17N5O2/c1-26-16-12-24(13-7-3-2-4-8-13)23-18(16)19(25)20-11-17-21-14-9-5-6-10-15(14)22-17/h2-10,12H,11H2,1H3,(H,20,25)(H,21,22). The van der Waals surface area contributed by atoms with E-state index in [2.05, 4.69) is 20.4 Å². The molecule has 26 heavy (non-hydrogen) atoms. The minimum atomic E-state index is -0.322. The van der Waals surface area contributed by atoms with Crippen LogP contribution in [0.2, 0.25) is 0 Å². The number of aromatic nitrogens is 4. The Morgan fingerprint density at radius 2 is 1.92 bits per heavy atom. The number of carbonyl (C=O) groups is 1. The summed E-state index contributed by atoms with van der Waals surface area (Å²) in [6.07, 6.45) is 1.69. The van der Waals surface area contributed by atoms with Gasteiger partial charge in [0.05, 0.1) is 36.6 Å². The third kappa shape index (κ3) is 3.02. The number of rotatable bonds is 5. The van der Waals surface area contributed by atoms with Gasteiger partial charge in [0.2, 0.25) is 0 Å². The second-order valence-corrected chi connectivity index (χ2v) is 5.71. The zero-order chi connectivity index (χ0) is 17.9. The molecule has 2 aromatic heterocycles. The summed E-state index contributed by atoms with van der Waals surface area (Å²) in [6, 6.07) is 17.3. The van der Waals surface area contributed by atoms with Crippen molar-refractivity contribution in [2.45, 2.75) is 6.54 Å². The van der Waals surface area contributed by atoms with Crippen molar-refractivity contribution in [1.29, 1.82) is 0 Å². The second-order valence-electron chi connectivity index (χ2n) is 5.71. The lowest BCUT2D eigenvalue weighted by molar-refractivity contribution is 0.0941. The van der Waals surface area contributed by atoms with Crippen molar-refractivity contribution in [3.05, 3.63) is 72.3 Å². The third-order valence-corrected chi connectivity index (χ3v) is 3.99. The van der Waals surface area contributed by atoms with Gasteiger partial charge in [-0.25, -0.2) is 9.67 Å². The molecule has 0 fully saturated rings. The Morgan fingerprint density at radius 1 is 1.15 bits per heavy atom. The average Bonchev–Trinajstić information content (AvgIpc) is 3.30. The molecular weight excluding hydrogens is 330 g/mol. The maximum atomic E-state index is 12.5. The molecule has 0 saturated heterocycles. The molecule has 0 aliphatic carbocycles. The highest BCUT2D eigenvalue weighted by atomic mass is 16.5. The summed E-state index contributed by atoms with van der Waals surface area (Å²) < 4.78 is 6.92. The van der Waals surface area contributed by atoms with Gasteiger partial charge >= 0.3 is 0 Å². The molecule has 0 spiro atoms. The van der Waals surface area contributed by atoms with E-state index >= 15 is 0 Å². The van der Waals surface area contributed by atoms with Crippen LogP contribution in [-0.4, -0.2) is 32.8 Å². The van der Waals surface area contributed by atoms with E-state index in [0.29, 0.717) is 11.6 Å². The van der Waals surface area contributed by atoms with E-state index in [4.69, 9.17) is 4.74 Å². The first-order valence-corrected chi connectivity index (χ1v) is 8.15. The predicted molar refractivity (Wildman–Crippen MR) is 97.4 cm³/mol. The number of carbonyl (C=O) groups excluding carboxylic acids is 1. The van der Waals surface area contributed by atoms with Gasteiger partial charge in [-0.3, -0.25) is 4.79 Å². The van der Waals surface area contributed by atoms with E-state index in [1.165, 1.54) is 7.11 Å². The molecule has 0 bridgehead atoms. The molecule has 0 radical (unpaired) electrons. The summed E-state index contributed by atoms with van der Waals surface area (Å²) in [7, 11) is 1.52. The van der Waals surface area contributed by atoms with Crippen LogP contribution in [0, 0.1) is 0 Å². The Balaban J connectivity index is 1.53. The van der Waals surface area contributed by atoms with Gasteiger partial charge in [0.1, 0.15) is 5.82 Å². The number of H-pyrrole nitrogens is 1. The fourth-order valence-electron chi connectivity index (χ4n) is 2.71. The highest BCUT2D eigenvalue weighted by molar-refractivity contribution is 5.94. The number of amides is 1. The molecule has 0 aliphatic rings. The smallest absolute Gasteiger partial charge is 0.276 e. The number of benzene rings is 2. The predicted octanol–water partition coefficient (Wildman–Crippen LogP) is 2.69. The van der Waals surface area contributed by atoms with Crippen molar-refractivity contribution >= 4 is 16.9 Å². The van der Waals surface area contributed by atoms with E-state index < -0.39 is 0 Å². The maximum absolute atomic E-state index is 12.5. The Kier molecular flexibility index (Phi) is 4.10. The molecule has 2 aromatic carbocycles. The lowest BCUT2D eigenvalue weighted by atomic mass is 10.3. The number of para-hydroxylation sites is 3. The number of hydrogen-bond donors (Lipinski definition) is 2. The molecule has 2 N–H and O–H groups in total. The molecule has 7 heteroatoms. The van der Waals surface area contributed by atoms with Gasteiger partial charge in [0.25, 0.3) is 5.91 Å². The van der Waals surface area contributed by atoms with E-state index in [1.807, 2.05) is 54.6 Å². The number of imidazole rings is 1. The van der Waals surface area contributed by atoms with Crippen molar-refractivity contribution in [3.63, 3.8) is 0 Å². The summed E-state index contributed by atoms with van der Waals surface area (Å²) in [5.41, 5.74) is 2.87. The molecule has 0 aliphatic heterocycles. The van der Waals surface area contributed by atoms with Gasteiger partial charge in [0, 0.05) is 0 Å². The van der Waals surface area contributed by atoms with Crippen molar-refractivity contribution in [1.82, 2.24) is 25.1 Å². The van der Waals surface area contributed by atoms with Crippen LogP contribution in [0.4, 0.5) is 0 Å². The Labute approximate surface area is 149 Å². The lowest BCUT2D eigenvalue weighted by Gasteiger charge is -2.02. The second kappa shape index (κ2) is 6.72. The van der Waals surface area contributed by atoms with E-state index in [-0.39, 0.29) is 18.1 Å². The van der Waals surface area contributed by atoms with Crippen molar-refractivity contribution in [3.8, 4) is 11.4 Å². The molecule has 4 aromatic rings. The molecule has 0 unspecified atom stereocenters. The summed E-state index contributed by atoms with van der Waals surface area (Å²) in [6.45, 7) is 0.273. The highest BCUT2D eigenvalue weighted by Crippen LogP contribution is 2.19. The van der Waals surface area contributed by atoms with Gasteiger partial charge in [-0.15, -0.1) is 0 Å². The minimum absolute atomic E-state index is 0.229. The van der Waals surface area contributed by atoms with Crippen molar-refractivity contribution < 1.29 is 9.53 Å². The summed E-state index contributed by atoms with van der Waals surface area (Å²) >= 11 is 0. The quantitative estimate of drug-likeness (QED) is 0.581. The molecule has 1 amide bonds. The number of nitrogens with one attached hydrogen (secondary N) is 2. The number of hydrogen-bond acceptors (Lipinski definition) is 4. The zero-order valence-electron chi connectivity index (χ0n) is 14.1. The number of ether oxygens (including phenoxy) is 1. The Hall–Kier alpha value is -3.61. The largest absolute Gasteiger partial charge is 0.493 e. The number of methoxy groups -OCH3 is 1. The minimum Gasteiger partial charge on any atom is -0.493 e. The van der Waals surface area contributed by atoms with Crippen LogP contribution < -0.4 is 10.1 Å². The topological polar surface area (TPSA) is 84.8 Å². The molecular formula is C19H17N5O2. The van der Waals surface area contributed by atoms with Gasteiger partial charge in [0.15, 0.2) is 11.4 Å². The summed E-state index contributed by atoms with van der Waals surface area (Å²) in [4.78, 5) is 20.2.